The first-order valence-electron chi connectivity index (χ1n) is 13.2. The zero-order valence-corrected chi connectivity index (χ0v) is 21.8. The first-order chi connectivity index (χ1) is 18.1. The molecule has 0 radical (unpaired) electrons. The topological polar surface area (TPSA) is 71.9 Å². The van der Waals surface area contributed by atoms with Crippen molar-refractivity contribution < 1.29 is 4.74 Å². The lowest BCUT2D eigenvalue weighted by Gasteiger charge is -2.41. The number of piperazine rings is 1. The summed E-state index contributed by atoms with van der Waals surface area (Å²) in [4.78, 5) is 14.7. The third-order valence-corrected chi connectivity index (χ3v) is 7.72. The lowest BCUT2D eigenvalue weighted by molar-refractivity contribution is 0.0872. The molecule has 2 aliphatic rings. The normalized spacial score (nSPS) is 21.9. The van der Waals surface area contributed by atoms with E-state index in [1.165, 1.54) is 39.0 Å². The molecule has 1 saturated carbocycles. The van der Waals surface area contributed by atoms with Crippen LogP contribution in [0.2, 0.25) is 0 Å². The van der Waals surface area contributed by atoms with Gasteiger partial charge in [0.15, 0.2) is 0 Å². The zero-order chi connectivity index (χ0) is 25.8. The number of terminal acetylenes is 1. The molecule has 0 atom stereocenters. The van der Waals surface area contributed by atoms with Crippen LogP contribution in [-0.2, 0) is 0 Å². The fourth-order valence-electron chi connectivity index (χ4n) is 5.60. The molecule has 0 spiro atoms. The van der Waals surface area contributed by atoms with E-state index in [2.05, 4.69) is 32.2 Å². The average molecular weight is 497 g/mol. The minimum Gasteiger partial charge on any atom is -0.458 e. The monoisotopic (exact) mass is 496 g/mol. The number of anilines is 1. The number of rotatable bonds is 6. The van der Waals surface area contributed by atoms with E-state index in [-0.39, 0.29) is 0 Å². The van der Waals surface area contributed by atoms with Crippen LogP contribution in [0.1, 0.15) is 44.3 Å². The third kappa shape index (κ3) is 5.41. The summed E-state index contributed by atoms with van der Waals surface area (Å²) in [5.74, 6) is 5.91. The number of hydrogen-bond acceptors (Lipinski definition) is 6. The molecule has 1 saturated heterocycles. The van der Waals surface area contributed by atoms with E-state index >= 15 is 0 Å². The number of hydrogen-bond donors (Lipinski definition) is 1. The molecule has 1 aromatic carbocycles. The molecule has 2 N–H and O–H groups in total. The quantitative estimate of drug-likeness (QED) is 0.302. The number of ether oxygens (including phenoxy) is 1. The van der Waals surface area contributed by atoms with E-state index in [1.54, 1.807) is 18.3 Å². The molecular weight excluding hydrogens is 460 g/mol. The molecule has 2 aromatic heterocycles. The fraction of sp³-hybridized carbons (Fsp3) is 0.400. The number of aromatic nitrogens is 3. The predicted molar refractivity (Wildman–Crippen MR) is 149 cm³/mol. The molecule has 5 rings (SSSR count). The van der Waals surface area contributed by atoms with Crippen LogP contribution in [0, 0.1) is 12.3 Å². The molecule has 3 aromatic rings. The Morgan fingerprint density at radius 1 is 1.11 bits per heavy atom. The molecule has 1 aliphatic carbocycles. The van der Waals surface area contributed by atoms with Gasteiger partial charge < -0.3 is 15.4 Å². The molecule has 0 bridgehead atoms. The number of nitrogen functional groups attached to an aromatic ring is 1. The first-order valence-corrected chi connectivity index (χ1v) is 13.2. The molecule has 3 heterocycles. The van der Waals surface area contributed by atoms with E-state index in [1.807, 2.05) is 43.5 Å². The molecule has 1 aliphatic heterocycles. The Labute approximate surface area is 219 Å². The number of allylic oxidation sites excluding steroid dienone is 3. The van der Waals surface area contributed by atoms with Crippen LogP contribution in [0.4, 0.5) is 5.82 Å². The predicted octanol–water partition coefficient (Wildman–Crippen LogP) is 4.72. The van der Waals surface area contributed by atoms with Crippen LogP contribution >= 0.6 is 0 Å². The first kappa shape index (κ1) is 25.1. The van der Waals surface area contributed by atoms with E-state index in [9.17, 15) is 0 Å². The number of nitrogens with two attached hydrogens (primary N) is 1. The molecule has 192 valence electrons. The van der Waals surface area contributed by atoms with Crippen molar-refractivity contribution in [2.75, 3.05) is 39.0 Å². The molecule has 7 nitrogen and oxygen atoms in total. The Morgan fingerprint density at radius 3 is 2.51 bits per heavy atom. The van der Waals surface area contributed by atoms with Crippen LogP contribution in [-0.4, -0.2) is 63.4 Å². The Bertz CT molecular complexity index is 1320. The summed E-state index contributed by atoms with van der Waals surface area (Å²) in [6.45, 7) is 6.61. The van der Waals surface area contributed by atoms with Crippen LogP contribution in [0.25, 0.3) is 16.8 Å². The second kappa shape index (κ2) is 11.2. The molecule has 37 heavy (non-hydrogen) atoms. The minimum absolute atomic E-state index is 0.412. The SMILES string of the molecule is C#C/C=C\C(=C/C)Oc1ccc(-c2nc(C3CCC(N4CCN(C)CC4)CC3)n3ccnc(N)c23)cc1. The summed E-state index contributed by atoms with van der Waals surface area (Å²) in [5.41, 5.74) is 9.12. The van der Waals surface area contributed by atoms with Crippen molar-refractivity contribution in [2.24, 2.45) is 0 Å². The van der Waals surface area contributed by atoms with Crippen molar-refractivity contribution in [3.8, 4) is 29.4 Å². The van der Waals surface area contributed by atoms with Gasteiger partial charge in [-0.25, -0.2) is 9.97 Å². The number of imidazole rings is 1. The maximum atomic E-state index is 6.39. The van der Waals surface area contributed by atoms with Gasteiger partial charge in [-0.15, -0.1) is 6.42 Å². The van der Waals surface area contributed by atoms with Crippen LogP contribution in [0.15, 0.2) is 60.6 Å². The molecule has 7 heteroatoms. The Balaban J connectivity index is 1.37. The van der Waals surface area contributed by atoms with Gasteiger partial charge in [0, 0.05) is 56.1 Å². The van der Waals surface area contributed by atoms with Crippen molar-refractivity contribution >= 4 is 11.3 Å². The van der Waals surface area contributed by atoms with E-state index in [0.717, 1.165) is 41.2 Å². The van der Waals surface area contributed by atoms with Gasteiger partial charge in [0.1, 0.15) is 34.4 Å². The second-order valence-electron chi connectivity index (χ2n) is 10.0. The summed E-state index contributed by atoms with van der Waals surface area (Å²) < 4.78 is 8.10. The molecular formula is C30H36N6O. The highest BCUT2D eigenvalue weighted by molar-refractivity contribution is 5.85. The van der Waals surface area contributed by atoms with E-state index in [4.69, 9.17) is 21.9 Å². The van der Waals surface area contributed by atoms with Gasteiger partial charge in [0.2, 0.25) is 0 Å². The molecule has 0 unspecified atom stereocenters. The summed E-state index contributed by atoms with van der Waals surface area (Å²) in [6, 6.07) is 8.63. The third-order valence-electron chi connectivity index (χ3n) is 7.72. The number of benzene rings is 1. The van der Waals surface area contributed by atoms with Crippen molar-refractivity contribution in [3.63, 3.8) is 0 Å². The van der Waals surface area contributed by atoms with Crippen LogP contribution < -0.4 is 10.5 Å². The lowest BCUT2D eigenvalue weighted by atomic mass is 9.84. The van der Waals surface area contributed by atoms with Crippen LogP contribution in [0.5, 0.6) is 5.75 Å². The maximum absolute atomic E-state index is 6.39. The van der Waals surface area contributed by atoms with Gasteiger partial charge in [0.25, 0.3) is 0 Å². The smallest absolute Gasteiger partial charge is 0.150 e. The van der Waals surface area contributed by atoms with Gasteiger partial charge in [-0.1, -0.05) is 5.92 Å². The van der Waals surface area contributed by atoms with Crippen molar-refractivity contribution in [3.05, 3.63) is 66.5 Å². The summed E-state index contributed by atoms with van der Waals surface area (Å²) in [7, 11) is 2.22. The highest BCUT2D eigenvalue weighted by atomic mass is 16.5. The van der Waals surface area contributed by atoms with Gasteiger partial charge in [0.05, 0.1) is 0 Å². The zero-order valence-electron chi connectivity index (χ0n) is 21.8. The van der Waals surface area contributed by atoms with Crippen molar-refractivity contribution in [2.45, 2.75) is 44.6 Å². The standard InChI is InChI=1S/C30H36N6O/c1-4-6-7-25(5-2)37-26-14-10-22(11-15-26)27-28-29(31)32-16-17-36(28)30(33-27)23-8-12-24(13-9-23)35-20-18-34(3)19-21-35/h1,5-7,10-11,14-17,23-24H,8-9,12-13,18-21H2,2-3H3,(H2,31,32)/b7-6-,25-5+. The van der Waals surface area contributed by atoms with Crippen LogP contribution in [0.3, 0.4) is 0 Å². The summed E-state index contributed by atoms with van der Waals surface area (Å²) >= 11 is 0. The van der Waals surface area contributed by atoms with E-state index in [0.29, 0.717) is 23.5 Å². The maximum Gasteiger partial charge on any atom is 0.150 e. The van der Waals surface area contributed by atoms with Gasteiger partial charge in [-0.3, -0.25) is 9.30 Å². The van der Waals surface area contributed by atoms with Gasteiger partial charge in [-0.05, 0) is 82.1 Å². The summed E-state index contributed by atoms with van der Waals surface area (Å²) in [5, 5.41) is 0. The number of likely N-dealkylation sites (N-methyl/N-ethyl adjacent to an activating group) is 1. The van der Waals surface area contributed by atoms with E-state index < -0.39 is 0 Å². The Hall–Kier alpha value is -3.60. The van der Waals surface area contributed by atoms with Crippen molar-refractivity contribution in [1.29, 1.82) is 0 Å². The number of nitrogens with zero attached hydrogens (tertiary/aromatic N) is 5. The average Bonchev–Trinajstić information content (AvgIpc) is 3.33. The molecule has 0 amide bonds. The van der Waals surface area contributed by atoms with Gasteiger partial charge >= 0.3 is 0 Å². The van der Waals surface area contributed by atoms with Gasteiger partial charge in [-0.2, -0.15) is 0 Å². The Kier molecular flexibility index (Phi) is 7.59. The summed E-state index contributed by atoms with van der Waals surface area (Å²) in [6.07, 6.45) is 19.1. The Morgan fingerprint density at radius 2 is 1.84 bits per heavy atom. The highest BCUT2D eigenvalue weighted by Gasteiger charge is 2.31. The minimum atomic E-state index is 0.412. The highest BCUT2D eigenvalue weighted by Crippen LogP contribution is 2.38. The fourth-order valence-corrected chi connectivity index (χ4v) is 5.60. The largest absolute Gasteiger partial charge is 0.458 e. The number of fused-ring (bicyclic) bond motifs is 1. The molecule has 2 fully saturated rings. The van der Waals surface area contributed by atoms with Crippen molar-refractivity contribution in [1.82, 2.24) is 24.2 Å². The lowest BCUT2D eigenvalue weighted by Crippen LogP contribution is -2.49. The second-order valence-corrected chi connectivity index (χ2v) is 10.0.